The summed E-state index contributed by atoms with van der Waals surface area (Å²) in [4.78, 5) is 0. The van der Waals surface area contributed by atoms with E-state index in [0.717, 1.165) is 20.2 Å². The third-order valence-corrected chi connectivity index (χ3v) is 4.60. The lowest BCUT2D eigenvalue weighted by molar-refractivity contribution is 0.571. The van der Waals surface area contributed by atoms with E-state index >= 15 is 0 Å². The second-order valence-electron chi connectivity index (χ2n) is 4.08. The van der Waals surface area contributed by atoms with E-state index in [-0.39, 0.29) is 6.04 Å². The minimum absolute atomic E-state index is 0.124. The molecule has 0 amide bonds. The number of nitrogens with two attached hydrogens (primary N) is 1. The summed E-state index contributed by atoms with van der Waals surface area (Å²) >= 11 is 7.12. The maximum atomic E-state index is 5.72. The van der Waals surface area contributed by atoms with Crippen molar-refractivity contribution in [1.29, 1.82) is 0 Å². The molecule has 0 aliphatic carbocycles. The maximum Gasteiger partial charge on any atom is 0.0900 e. The Morgan fingerprint density at radius 1 is 1.39 bits per heavy atom. The van der Waals surface area contributed by atoms with Crippen LogP contribution in [-0.4, -0.2) is 9.78 Å². The summed E-state index contributed by atoms with van der Waals surface area (Å²) in [6.45, 7) is 2.06. The highest BCUT2D eigenvalue weighted by Crippen LogP contribution is 2.33. The largest absolute Gasteiger partial charge is 0.271 e. The first kappa shape index (κ1) is 13.7. The van der Waals surface area contributed by atoms with Crippen LogP contribution < -0.4 is 11.3 Å². The van der Waals surface area contributed by atoms with Crippen LogP contribution in [0.1, 0.15) is 22.9 Å². The lowest BCUT2D eigenvalue weighted by Crippen LogP contribution is -2.31. The monoisotopic (exact) mass is 372 g/mol. The van der Waals surface area contributed by atoms with Crippen molar-refractivity contribution in [1.82, 2.24) is 15.2 Å². The van der Waals surface area contributed by atoms with Crippen LogP contribution in [0.3, 0.4) is 0 Å². The van der Waals surface area contributed by atoms with Gasteiger partial charge in [0, 0.05) is 11.5 Å². The number of halogens is 2. The Bertz CT molecular complexity index is 546. The van der Waals surface area contributed by atoms with Gasteiger partial charge in [-0.1, -0.05) is 34.1 Å². The van der Waals surface area contributed by atoms with E-state index in [2.05, 4.69) is 55.4 Å². The first-order valence-electron chi connectivity index (χ1n) is 5.44. The average molecular weight is 374 g/mol. The van der Waals surface area contributed by atoms with E-state index in [1.165, 1.54) is 5.56 Å². The van der Waals surface area contributed by atoms with Crippen LogP contribution in [0.4, 0.5) is 0 Å². The summed E-state index contributed by atoms with van der Waals surface area (Å²) < 4.78 is 3.80. The van der Waals surface area contributed by atoms with Crippen LogP contribution >= 0.6 is 31.9 Å². The predicted molar refractivity (Wildman–Crippen MR) is 79.0 cm³/mol. The third kappa shape index (κ3) is 2.38. The first-order valence-corrected chi connectivity index (χ1v) is 7.03. The molecule has 4 nitrogen and oxygen atoms in total. The fraction of sp³-hybridized carbons (Fsp3) is 0.250. The number of hydrazine groups is 1. The SMILES string of the molecule is Cc1cccc(C(NN)c2c(Br)cnn2C)c1Br. The Labute approximate surface area is 123 Å². The zero-order valence-corrected chi connectivity index (χ0v) is 13.3. The Kier molecular flexibility index (Phi) is 4.21. The Balaban J connectivity index is 2.56. The molecule has 96 valence electrons. The molecule has 6 heteroatoms. The van der Waals surface area contributed by atoms with Gasteiger partial charge in [0.05, 0.1) is 22.4 Å². The van der Waals surface area contributed by atoms with E-state index < -0.39 is 0 Å². The van der Waals surface area contributed by atoms with Gasteiger partial charge in [0.15, 0.2) is 0 Å². The number of aromatic nitrogens is 2. The first-order chi connectivity index (χ1) is 8.56. The standard InChI is InChI=1S/C12H14Br2N4/c1-7-4-3-5-8(10(7)14)11(17-15)12-9(13)6-16-18(12)2/h3-6,11,17H,15H2,1-2H3. The lowest BCUT2D eigenvalue weighted by atomic mass is 10.0. The average Bonchev–Trinajstić information content (AvgIpc) is 2.67. The van der Waals surface area contributed by atoms with Crippen molar-refractivity contribution in [2.24, 2.45) is 12.9 Å². The highest BCUT2D eigenvalue weighted by atomic mass is 79.9. The number of benzene rings is 1. The van der Waals surface area contributed by atoms with E-state index in [1.54, 1.807) is 6.20 Å². The molecule has 0 radical (unpaired) electrons. The van der Waals surface area contributed by atoms with Crippen molar-refractivity contribution in [3.05, 3.63) is 50.2 Å². The molecule has 0 bridgehead atoms. The minimum atomic E-state index is -0.124. The maximum absolute atomic E-state index is 5.72. The van der Waals surface area contributed by atoms with Crippen LogP contribution in [0.15, 0.2) is 33.3 Å². The van der Waals surface area contributed by atoms with E-state index in [0.29, 0.717) is 0 Å². The highest BCUT2D eigenvalue weighted by Gasteiger charge is 2.21. The second-order valence-corrected chi connectivity index (χ2v) is 5.73. The molecule has 0 aliphatic rings. The van der Waals surface area contributed by atoms with Crippen molar-refractivity contribution < 1.29 is 0 Å². The second kappa shape index (κ2) is 5.52. The molecular formula is C12H14Br2N4. The van der Waals surface area contributed by atoms with Crippen LogP contribution in [0.5, 0.6) is 0 Å². The number of aryl methyl sites for hydroxylation is 2. The molecule has 1 unspecified atom stereocenters. The third-order valence-electron chi connectivity index (χ3n) is 2.91. The van der Waals surface area contributed by atoms with Gasteiger partial charge in [0.25, 0.3) is 0 Å². The van der Waals surface area contributed by atoms with Crippen LogP contribution in [0, 0.1) is 6.92 Å². The fourth-order valence-electron chi connectivity index (χ4n) is 1.95. The van der Waals surface area contributed by atoms with Gasteiger partial charge in [0.1, 0.15) is 0 Å². The quantitative estimate of drug-likeness (QED) is 0.642. The molecule has 1 aromatic heterocycles. The summed E-state index contributed by atoms with van der Waals surface area (Å²) in [5.41, 5.74) is 6.10. The van der Waals surface area contributed by atoms with E-state index in [9.17, 15) is 0 Å². The molecule has 0 saturated heterocycles. The number of hydrogen-bond donors (Lipinski definition) is 2. The molecular weight excluding hydrogens is 360 g/mol. The highest BCUT2D eigenvalue weighted by molar-refractivity contribution is 9.10. The summed E-state index contributed by atoms with van der Waals surface area (Å²) in [6, 6.07) is 5.99. The normalized spacial score (nSPS) is 12.7. The zero-order chi connectivity index (χ0) is 13.3. The van der Waals surface area contributed by atoms with Gasteiger partial charge in [-0.3, -0.25) is 10.5 Å². The smallest absolute Gasteiger partial charge is 0.0900 e. The minimum Gasteiger partial charge on any atom is -0.271 e. The van der Waals surface area contributed by atoms with Gasteiger partial charge in [-0.15, -0.1) is 0 Å². The molecule has 1 atom stereocenters. The zero-order valence-electron chi connectivity index (χ0n) is 10.1. The van der Waals surface area contributed by atoms with Gasteiger partial charge < -0.3 is 0 Å². The topological polar surface area (TPSA) is 55.9 Å². The van der Waals surface area contributed by atoms with Crippen LogP contribution in [0.25, 0.3) is 0 Å². The molecule has 1 heterocycles. The number of hydrogen-bond acceptors (Lipinski definition) is 3. The van der Waals surface area contributed by atoms with Gasteiger partial charge >= 0.3 is 0 Å². The van der Waals surface area contributed by atoms with Gasteiger partial charge in [0.2, 0.25) is 0 Å². The van der Waals surface area contributed by atoms with Crippen molar-refractivity contribution >= 4 is 31.9 Å². The van der Waals surface area contributed by atoms with Crippen molar-refractivity contribution in [2.75, 3.05) is 0 Å². The Morgan fingerprint density at radius 2 is 2.11 bits per heavy atom. The number of rotatable bonds is 3. The van der Waals surface area contributed by atoms with Gasteiger partial charge in [-0.05, 0) is 34.0 Å². The molecule has 0 fully saturated rings. The van der Waals surface area contributed by atoms with Crippen LogP contribution in [-0.2, 0) is 7.05 Å². The molecule has 2 rings (SSSR count). The molecule has 3 N–H and O–H groups in total. The predicted octanol–water partition coefficient (Wildman–Crippen LogP) is 2.81. The van der Waals surface area contributed by atoms with E-state index in [1.807, 2.05) is 23.9 Å². The van der Waals surface area contributed by atoms with E-state index in [4.69, 9.17) is 5.84 Å². The fourth-order valence-corrected chi connectivity index (χ4v) is 3.02. The number of nitrogens with zero attached hydrogens (tertiary/aromatic N) is 2. The summed E-state index contributed by atoms with van der Waals surface area (Å²) in [7, 11) is 1.90. The van der Waals surface area contributed by atoms with Gasteiger partial charge in [-0.2, -0.15) is 5.10 Å². The van der Waals surface area contributed by atoms with Gasteiger partial charge in [-0.25, -0.2) is 5.43 Å². The van der Waals surface area contributed by atoms with Crippen LogP contribution in [0.2, 0.25) is 0 Å². The Morgan fingerprint density at radius 3 is 2.67 bits per heavy atom. The molecule has 2 aromatic rings. The summed E-state index contributed by atoms with van der Waals surface area (Å²) in [5, 5.41) is 4.22. The molecule has 0 saturated carbocycles. The lowest BCUT2D eigenvalue weighted by Gasteiger charge is -2.19. The molecule has 1 aromatic carbocycles. The summed E-state index contributed by atoms with van der Waals surface area (Å²) in [5.74, 6) is 5.72. The Hall–Kier alpha value is -0.690. The molecule has 18 heavy (non-hydrogen) atoms. The summed E-state index contributed by atoms with van der Waals surface area (Å²) in [6.07, 6.45) is 1.77. The molecule has 0 aliphatic heterocycles. The van der Waals surface area contributed by atoms with Crippen molar-refractivity contribution in [3.8, 4) is 0 Å². The van der Waals surface area contributed by atoms with Crippen molar-refractivity contribution in [2.45, 2.75) is 13.0 Å². The van der Waals surface area contributed by atoms with Crippen molar-refractivity contribution in [3.63, 3.8) is 0 Å². The molecule has 0 spiro atoms. The number of nitrogens with one attached hydrogen (secondary N) is 1.